The van der Waals surface area contributed by atoms with E-state index in [0.717, 1.165) is 27.6 Å². The number of aryl methyl sites for hydroxylation is 1. The highest BCUT2D eigenvalue weighted by Crippen LogP contribution is 2.47. The highest BCUT2D eigenvalue weighted by molar-refractivity contribution is 7.90. The van der Waals surface area contributed by atoms with Crippen molar-refractivity contribution in [3.63, 3.8) is 0 Å². The average molecular weight is 461 g/mol. The summed E-state index contributed by atoms with van der Waals surface area (Å²) in [4.78, 5) is 3.92. The average Bonchev–Trinajstić information content (AvgIpc) is 3.51. The minimum Gasteiger partial charge on any atom is -0.233 e. The number of rotatable bonds is 4. The maximum Gasteiger partial charge on any atom is 0.268 e. The molecule has 0 aliphatic carbocycles. The predicted octanol–water partition coefficient (Wildman–Crippen LogP) is 7.19. The Labute approximate surface area is 188 Å². The molecular formula is C24H16N2O2S3. The first-order chi connectivity index (χ1) is 15.0. The van der Waals surface area contributed by atoms with E-state index < -0.39 is 10.0 Å². The number of hydrogen-bond acceptors (Lipinski definition) is 4. The Morgan fingerprint density at radius 1 is 0.968 bits per heavy atom. The van der Waals surface area contributed by atoms with Crippen molar-refractivity contribution in [3.8, 4) is 22.4 Å². The SMILES string of the molecule is [C-]#[N+]c1sccc1-c1c(-c2ccsc2)n(S(=O)(=O)c2ccc(C)cc2)c2ccccc12. The third kappa shape index (κ3) is 3.12. The van der Waals surface area contributed by atoms with Gasteiger partial charge in [-0.05, 0) is 41.9 Å². The molecule has 152 valence electrons. The topological polar surface area (TPSA) is 43.4 Å². The lowest BCUT2D eigenvalue weighted by atomic mass is 10.0. The van der Waals surface area contributed by atoms with Gasteiger partial charge in [-0.15, -0.1) is 0 Å². The molecule has 0 amide bonds. The van der Waals surface area contributed by atoms with Gasteiger partial charge in [0.15, 0.2) is 0 Å². The third-order valence-corrected chi connectivity index (χ3v) is 8.42. The maximum absolute atomic E-state index is 13.9. The second-order valence-electron chi connectivity index (χ2n) is 7.09. The zero-order chi connectivity index (χ0) is 21.6. The van der Waals surface area contributed by atoms with Crippen LogP contribution in [0.4, 0.5) is 5.00 Å². The van der Waals surface area contributed by atoms with Crippen LogP contribution in [0.3, 0.4) is 0 Å². The summed E-state index contributed by atoms with van der Waals surface area (Å²) in [6.45, 7) is 9.53. The molecular weight excluding hydrogens is 444 g/mol. The van der Waals surface area contributed by atoms with Gasteiger partial charge >= 0.3 is 0 Å². The van der Waals surface area contributed by atoms with Gasteiger partial charge in [0.25, 0.3) is 10.0 Å². The van der Waals surface area contributed by atoms with Crippen molar-refractivity contribution >= 4 is 48.6 Å². The Balaban J connectivity index is 1.96. The molecule has 3 aromatic heterocycles. The molecule has 0 spiro atoms. The Morgan fingerprint density at radius 3 is 2.45 bits per heavy atom. The molecule has 5 aromatic rings. The quantitative estimate of drug-likeness (QED) is 0.266. The molecule has 0 unspecified atom stereocenters. The highest BCUT2D eigenvalue weighted by Gasteiger charge is 2.29. The molecule has 0 atom stereocenters. The van der Waals surface area contributed by atoms with Crippen LogP contribution in [-0.4, -0.2) is 12.4 Å². The van der Waals surface area contributed by atoms with Crippen molar-refractivity contribution in [1.82, 2.24) is 3.97 Å². The molecule has 0 fully saturated rings. The summed E-state index contributed by atoms with van der Waals surface area (Å²) in [7, 11) is -3.88. The van der Waals surface area contributed by atoms with E-state index in [-0.39, 0.29) is 4.90 Å². The van der Waals surface area contributed by atoms with Crippen LogP contribution in [0.5, 0.6) is 0 Å². The molecule has 7 heteroatoms. The zero-order valence-electron chi connectivity index (χ0n) is 16.4. The largest absolute Gasteiger partial charge is 0.268 e. The van der Waals surface area contributed by atoms with Gasteiger partial charge in [0.05, 0.1) is 22.7 Å². The molecule has 0 saturated carbocycles. The van der Waals surface area contributed by atoms with Crippen molar-refractivity contribution in [2.45, 2.75) is 11.8 Å². The van der Waals surface area contributed by atoms with Crippen LogP contribution in [0.15, 0.2) is 81.7 Å². The summed E-state index contributed by atoms with van der Waals surface area (Å²) in [6.07, 6.45) is 0. The fraction of sp³-hybridized carbons (Fsp3) is 0.0417. The second kappa shape index (κ2) is 7.50. The maximum atomic E-state index is 13.9. The van der Waals surface area contributed by atoms with Gasteiger partial charge in [-0.1, -0.05) is 42.0 Å². The number of thiophene rings is 2. The number of benzene rings is 2. The van der Waals surface area contributed by atoms with Gasteiger partial charge in [-0.2, -0.15) is 22.7 Å². The van der Waals surface area contributed by atoms with E-state index in [2.05, 4.69) is 4.85 Å². The highest BCUT2D eigenvalue weighted by atomic mass is 32.2. The molecule has 0 N–H and O–H groups in total. The lowest BCUT2D eigenvalue weighted by Gasteiger charge is -2.13. The summed E-state index contributed by atoms with van der Waals surface area (Å²) < 4.78 is 29.3. The molecule has 0 saturated heterocycles. The lowest BCUT2D eigenvalue weighted by molar-refractivity contribution is 0.589. The zero-order valence-corrected chi connectivity index (χ0v) is 18.9. The normalized spacial score (nSPS) is 11.6. The molecule has 4 nitrogen and oxygen atoms in total. The second-order valence-corrected chi connectivity index (χ2v) is 10.5. The van der Waals surface area contributed by atoms with Gasteiger partial charge in [-0.3, -0.25) is 0 Å². The molecule has 31 heavy (non-hydrogen) atoms. The molecule has 0 aliphatic rings. The van der Waals surface area contributed by atoms with Crippen LogP contribution in [-0.2, 0) is 10.0 Å². The van der Waals surface area contributed by atoms with E-state index in [9.17, 15) is 8.42 Å². The van der Waals surface area contributed by atoms with Gasteiger partial charge in [0.2, 0.25) is 5.00 Å². The lowest BCUT2D eigenvalue weighted by Crippen LogP contribution is -2.14. The van der Waals surface area contributed by atoms with E-state index in [1.807, 2.05) is 59.5 Å². The first-order valence-corrected chi connectivity index (χ1v) is 12.7. The first-order valence-electron chi connectivity index (χ1n) is 9.46. The fourth-order valence-corrected chi connectivity index (χ4v) is 6.66. The van der Waals surface area contributed by atoms with Crippen molar-refractivity contribution in [2.75, 3.05) is 0 Å². The van der Waals surface area contributed by atoms with Gasteiger partial charge in [0, 0.05) is 27.5 Å². The minimum atomic E-state index is -3.88. The van der Waals surface area contributed by atoms with Crippen LogP contribution < -0.4 is 0 Å². The number of nitrogens with zero attached hydrogens (tertiary/aromatic N) is 2. The van der Waals surface area contributed by atoms with Gasteiger partial charge < -0.3 is 0 Å². The van der Waals surface area contributed by atoms with Crippen molar-refractivity contribution in [1.29, 1.82) is 0 Å². The summed E-state index contributed by atoms with van der Waals surface area (Å²) in [5.41, 5.74) is 4.53. The molecule has 2 aromatic carbocycles. The van der Waals surface area contributed by atoms with Crippen molar-refractivity contribution < 1.29 is 8.42 Å². The fourth-order valence-electron chi connectivity index (χ4n) is 3.79. The van der Waals surface area contributed by atoms with E-state index in [1.165, 1.54) is 26.6 Å². The van der Waals surface area contributed by atoms with E-state index in [0.29, 0.717) is 16.2 Å². The Hall–Kier alpha value is -3.18. The smallest absolute Gasteiger partial charge is 0.233 e. The standard InChI is InChI=1S/C24H16N2O2S3/c1-16-7-9-18(10-8-16)31(27,28)26-21-6-4-3-5-19(21)22(20-12-14-30-24(20)25-2)23(26)17-11-13-29-15-17/h3-15H,1H3. The molecule has 0 aliphatic heterocycles. The Kier molecular flexibility index (Phi) is 4.78. The molecule has 0 radical (unpaired) electrons. The summed E-state index contributed by atoms with van der Waals surface area (Å²) in [5, 5.41) is 7.11. The Bertz CT molecular complexity index is 1550. The van der Waals surface area contributed by atoms with Crippen LogP contribution in [0.1, 0.15) is 5.56 Å². The van der Waals surface area contributed by atoms with Gasteiger partial charge in [-0.25, -0.2) is 17.2 Å². The number of para-hydroxylation sites is 1. The van der Waals surface area contributed by atoms with Crippen LogP contribution in [0.2, 0.25) is 0 Å². The van der Waals surface area contributed by atoms with Crippen molar-refractivity contribution in [2.24, 2.45) is 0 Å². The molecule has 5 rings (SSSR count). The van der Waals surface area contributed by atoms with Crippen LogP contribution in [0.25, 0.3) is 38.1 Å². The first kappa shape index (κ1) is 19.8. The van der Waals surface area contributed by atoms with E-state index in [1.54, 1.807) is 24.3 Å². The monoisotopic (exact) mass is 460 g/mol. The summed E-state index contributed by atoms with van der Waals surface area (Å²) in [6, 6.07) is 18.2. The third-order valence-electron chi connectivity index (χ3n) is 5.20. The van der Waals surface area contributed by atoms with E-state index >= 15 is 0 Å². The Morgan fingerprint density at radius 2 is 1.74 bits per heavy atom. The van der Waals surface area contributed by atoms with Crippen LogP contribution in [0, 0.1) is 13.5 Å². The molecule has 3 heterocycles. The van der Waals surface area contributed by atoms with Crippen LogP contribution >= 0.6 is 22.7 Å². The number of aromatic nitrogens is 1. The minimum absolute atomic E-state index is 0.234. The summed E-state index contributed by atoms with van der Waals surface area (Å²) in [5.74, 6) is 0. The van der Waals surface area contributed by atoms with Gasteiger partial charge in [0.1, 0.15) is 0 Å². The number of fused-ring (bicyclic) bond motifs is 1. The molecule has 0 bridgehead atoms. The number of hydrogen-bond donors (Lipinski definition) is 0. The summed E-state index contributed by atoms with van der Waals surface area (Å²) >= 11 is 2.87. The van der Waals surface area contributed by atoms with E-state index in [4.69, 9.17) is 6.57 Å². The predicted molar refractivity (Wildman–Crippen MR) is 129 cm³/mol. The van der Waals surface area contributed by atoms with Crippen molar-refractivity contribution in [3.05, 3.63) is 93.8 Å².